The Hall–Kier alpha value is -1.81. The second-order valence-electron chi connectivity index (χ2n) is 5.15. The molecule has 1 aromatic rings. The van der Waals surface area contributed by atoms with Gasteiger partial charge in [0, 0.05) is 22.1 Å². The second kappa shape index (κ2) is 5.90. The minimum Gasteiger partial charge on any atom is -0.497 e. The standard InChI is InChI=1S/C17H16O3S/c1-20-12-7-8-13-15(9-12)21-10-14(17(13)19)16(18)11-5-3-2-4-6-11/h2-5,7-9,11,14H,6,10H2,1H3. The lowest BCUT2D eigenvalue weighted by Gasteiger charge is -2.25. The summed E-state index contributed by atoms with van der Waals surface area (Å²) in [6.45, 7) is 0. The molecule has 0 aromatic heterocycles. The summed E-state index contributed by atoms with van der Waals surface area (Å²) in [4.78, 5) is 26.0. The summed E-state index contributed by atoms with van der Waals surface area (Å²) in [6.07, 6.45) is 8.37. The Balaban J connectivity index is 1.83. The van der Waals surface area contributed by atoms with E-state index in [1.54, 1.807) is 31.0 Å². The van der Waals surface area contributed by atoms with E-state index in [1.807, 2.05) is 30.4 Å². The molecule has 0 bridgehead atoms. The van der Waals surface area contributed by atoms with Gasteiger partial charge in [-0.3, -0.25) is 9.59 Å². The van der Waals surface area contributed by atoms with Gasteiger partial charge in [-0.15, -0.1) is 11.8 Å². The van der Waals surface area contributed by atoms with Crippen LogP contribution >= 0.6 is 11.8 Å². The minimum absolute atomic E-state index is 0.0366. The van der Waals surface area contributed by atoms with Crippen molar-refractivity contribution >= 4 is 23.3 Å². The van der Waals surface area contributed by atoms with E-state index in [4.69, 9.17) is 4.74 Å². The molecule has 0 radical (unpaired) electrons. The molecule has 2 unspecified atom stereocenters. The second-order valence-corrected chi connectivity index (χ2v) is 6.21. The molecular formula is C17H16O3S. The predicted octanol–water partition coefficient (Wildman–Crippen LogP) is 3.30. The van der Waals surface area contributed by atoms with Crippen LogP contribution < -0.4 is 4.74 Å². The van der Waals surface area contributed by atoms with Gasteiger partial charge < -0.3 is 4.74 Å². The van der Waals surface area contributed by atoms with Crippen LogP contribution in [0.15, 0.2) is 47.4 Å². The van der Waals surface area contributed by atoms with E-state index in [2.05, 4.69) is 0 Å². The number of ether oxygens (including phenoxy) is 1. The number of Topliss-reactive ketones (excluding diaryl/α,β-unsaturated/α-hetero) is 2. The molecule has 0 N–H and O–H groups in total. The first-order chi connectivity index (χ1) is 10.2. The first kappa shape index (κ1) is 14.1. The fourth-order valence-corrected chi connectivity index (χ4v) is 3.84. The van der Waals surface area contributed by atoms with Crippen LogP contribution in [-0.4, -0.2) is 24.4 Å². The zero-order valence-corrected chi connectivity index (χ0v) is 12.6. The quantitative estimate of drug-likeness (QED) is 0.803. The number of allylic oxidation sites excluding steroid dienone is 4. The number of rotatable bonds is 3. The summed E-state index contributed by atoms with van der Waals surface area (Å²) < 4.78 is 5.18. The number of hydrogen-bond acceptors (Lipinski definition) is 4. The largest absolute Gasteiger partial charge is 0.497 e. The highest BCUT2D eigenvalue weighted by atomic mass is 32.2. The molecule has 0 saturated carbocycles. The molecular weight excluding hydrogens is 284 g/mol. The van der Waals surface area contributed by atoms with Gasteiger partial charge >= 0.3 is 0 Å². The van der Waals surface area contributed by atoms with E-state index in [-0.39, 0.29) is 17.5 Å². The van der Waals surface area contributed by atoms with Crippen molar-refractivity contribution in [3.05, 3.63) is 48.1 Å². The number of benzene rings is 1. The highest BCUT2D eigenvalue weighted by Gasteiger charge is 2.36. The lowest BCUT2D eigenvalue weighted by atomic mass is 9.85. The first-order valence-corrected chi connectivity index (χ1v) is 7.91. The van der Waals surface area contributed by atoms with Crippen LogP contribution in [0.1, 0.15) is 16.8 Å². The highest BCUT2D eigenvalue weighted by molar-refractivity contribution is 7.99. The molecule has 3 nitrogen and oxygen atoms in total. The topological polar surface area (TPSA) is 43.4 Å². The Labute approximate surface area is 128 Å². The summed E-state index contributed by atoms with van der Waals surface area (Å²) in [7, 11) is 1.60. The van der Waals surface area contributed by atoms with E-state index in [0.717, 1.165) is 10.6 Å². The molecule has 0 amide bonds. The van der Waals surface area contributed by atoms with Crippen LogP contribution in [0.4, 0.5) is 0 Å². The molecule has 21 heavy (non-hydrogen) atoms. The van der Waals surface area contributed by atoms with Crippen molar-refractivity contribution in [2.24, 2.45) is 11.8 Å². The average molecular weight is 300 g/mol. The van der Waals surface area contributed by atoms with Gasteiger partial charge in [0.2, 0.25) is 0 Å². The van der Waals surface area contributed by atoms with E-state index >= 15 is 0 Å². The molecule has 0 saturated heterocycles. The number of thioether (sulfide) groups is 1. The van der Waals surface area contributed by atoms with Gasteiger partial charge in [0.15, 0.2) is 11.6 Å². The lowest BCUT2D eigenvalue weighted by Crippen LogP contribution is -2.33. The summed E-state index contributed by atoms with van der Waals surface area (Å²) in [5.74, 6) is 0.542. The Morgan fingerprint density at radius 2 is 2.19 bits per heavy atom. The highest BCUT2D eigenvalue weighted by Crippen LogP contribution is 2.37. The molecule has 0 spiro atoms. The molecule has 0 fully saturated rings. The maximum atomic E-state index is 12.6. The van der Waals surface area contributed by atoms with Gasteiger partial charge in [0.05, 0.1) is 13.0 Å². The third-order valence-corrected chi connectivity index (χ3v) is 5.01. The van der Waals surface area contributed by atoms with Crippen molar-refractivity contribution in [1.29, 1.82) is 0 Å². The lowest BCUT2D eigenvalue weighted by molar-refractivity contribution is -0.123. The molecule has 1 aromatic carbocycles. The van der Waals surface area contributed by atoms with Crippen LogP contribution in [-0.2, 0) is 4.79 Å². The zero-order valence-electron chi connectivity index (χ0n) is 11.7. The molecule has 2 atom stereocenters. The number of methoxy groups -OCH3 is 1. The number of carbonyl (C=O) groups excluding carboxylic acids is 2. The number of hydrogen-bond donors (Lipinski definition) is 0. The van der Waals surface area contributed by atoms with E-state index in [1.165, 1.54) is 0 Å². The van der Waals surface area contributed by atoms with E-state index in [0.29, 0.717) is 17.7 Å². The zero-order chi connectivity index (χ0) is 14.8. The summed E-state index contributed by atoms with van der Waals surface area (Å²) in [5, 5.41) is 0. The van der Waals surface area contributed by atoms with Gasteiger partial charge in [-0.25, -0.2) is 0 Å². The van der Waals surface area contributed by atoms with Crippen molar-refractivity contribution in [2.45, 2.75) is 11.3 Å². The summed E-state index contributed by atoms with van der Waals surface area (Å²) in [6, 6.07) is 5.40. The van der Waals surface area contributed by atoms with Gasteiger partial charge in [-0.05, 0) is 24.6 Å². The predicted molar refractivity (Wildman–Crippen MR) is 82.9 cm³/mol. The molecule has 108 valence electrons. The first-order valence-electron chi connectivity index (χ1n) is 6.93. The van der Waals surface area contributed by atoms with Crippen LogP contribution in [0.5, 0.6) is 5.75 Å². The average Bonchev–Trinajstić information content (AvgIpc) is 2.55. The van der Waals surface area contributed by atoms with Crippen LogP contribution in [0.3, 0.4) is 0 Å². The van der Waals surface area contributed by atoms with E-state index in [9.17, 15) is 9.59 Å². The van der Waals surface area contributed by atoms with Crippen molar-refractivity contribution in [1.82, 2.24) is 0 Å². The fourth-order valence-electron chi connectivity index (χ4n) is 2.65. The van der Waals surface area contributed by atoms with Gasteiger partial charge in [0.1, 0.15) is 5.75 Å². The van der Waals surface area contributed by atoms with Crippen LogP contribution in [0.2, 0.25) is 0 Å². The van der Waals surface area contributed by atoms with Gasteiger partial charge in [-0.2, -0.15) is 0 Å². The van der Waals surface area contributed by atoms with Crippen molar-refractivity contribution < 1.29 is 14.3 Å². The maximum absolute atomic E-state index is 12.6. The molecule has 2 aliphatic rings. The third-order valence-electron chi connectivity index (χ3n) is 3.87. The Morgan fingerprint density at radius 1 is 1.33 bits per heavy atom. The van der Waals surface area contributed by atoms with Crippen molar-refractivity contribution in [2.75, 3.05) is 12.9 Å². The van der Waals surface area contributed by atoms with Crippen LogP contribution in [0, 0.1) is 11.8 Å². The Kier molecular flexibility index (Phi) is 3.97. The SMILES string of the molecule is COc1ccc2c(c1)SCC(C(=O)C1C=CC=CC1)C2=O. The monoisotopic (exact) mass is 300 g/mol. The van der Waals surface area contributed by atoms with Crippen molar-refractivity contribution in [3.63, 3.8) is 0 Å². The molecule has 1 aliphatic heterocycles. The van der Waals surface area contributed by atoms with Crippen LogP contribution in [0.25, 0.3) is 0 Å². The van der Waals surface area contributed by atoms with Crippen molar-refractivity contribution in [3.8, 4) is 5.75 Å². The third kappa shape index (κ3) is 2.68. The number of fused-ring (bicyclic) bond motifs is 1. The summed E-state index contributed by atoms with van der Waals surface area (Å²) >= 11 is 1.56. The summed E-state index contributed by atoms with van der Waals surface area (Å²) in [5.41, 5.74) is 0.640. The van der Waals surface area contributed by atoms with E-state index < -0.39 is 5.92 Å². The Bertz CT molecular complexity index is 645. The molecule has 1 aliphatic carbocycles. The maximum Gasteiger partial charge on any atom is 0.175 e. The molecule has 1 heterocycles. The smallest absolute Gasteiger partial charge is 0.175 e. The fraction of sp³-hybridized carbons (Fsp3) is 0.294. The number of carbonyl (C=O) groups is 2. The number of ketones is 2. The van der Waals surface area contributed by atoms with Gasteiger partial charge in [0.25, 0.3) is 0 Å². The Morgan fingerprint density at radius 3 is 2.90 bits per heavy atom. The van der Waals surface area contributed by atoms with Gasteiger partial charge in [-0.1, -0.05) is 24.3 Å². The minimum atomic E-state index is -0.531. The normalized spacial score (nSPS) is 23.8. The molecule has 3 rings (SSSR count). The molecule has 4 heteroatoms.